The number of aryl methyl sites for hydroxylation is 2. The van der Waals surface area contributed by atoms with Gasteiger partial charge in [0.1, 0.15) is 10.6 Å². The number of rotatable bonds is 4. The summed E-state index contributed by atoms with van der Waals surface area (Å²) in [4.78, 5) is 16.7. The van der Waals surface area contributed by atoms with Gasteiger partial charge in [0.2, 0.25) is 0 Å². The zero-order valence-electron chi connectivity index (χ0n) is 10.2. The van der Waals surface area contributed by atoms with Crippen molar-refractivity contribution >= 4 is 17.2 Å². The van der Waals surface area contributed by atoms with Crippen molar-refractivity contribution in [2.45, 2.75) is 13.8 Å². The molecule has 0 fully saturated rings. The Bertz CT molecular complexity index is 559. The molecule has 0 unspecified atom stereocenters. The summed E-state index contributed by atoms with van der Waals surface area (Å²) in [6.07, 6.45) is 0. The lowest BCUT2D eigenvalue weighted by Gasteiger charge is -1.99. The number of hydrogen-bond acceptors (Lipinski definition) is 5. The normalized spacial score (nSPS) is 10.6. The van der Waals surface area contributed by atoms with E-state index in [1.165, 1.54) is 11.3 Å². The summed E-state index contributed by atoms with van der Waals surface area (Å²) in [5, 5.41) is 12.0. The second-order valence-corrected chi connectivity index (χ2v) is 4.82. The molecule has 0 atom stereocenters. The van der Waals surface area contributed by atoms with Crippen molar-refractivity contribution < 1.29 is 14.3 Å². The van der Waals surface area contributed by atoms with E-state index >= 15 is 0 Å². The van der Waals surface area contributed by atoms with Crippen LogP contribution in [-0.4, -0.2) is 29.1 Å². The number of thiazole rings is 1. The van der Waals surface area contributed by atoms with Crippen molar-refractivity contribution in [1.29, 1.82) is 0 Å². The van der Waals surface area contributed by atoms with E-state index in [1.54, 1.807) is 6.92 Å². The molecule has 2 aromatic rings. The summed E-state index contributed by atoms with van der Waals surface area (Å²) >= 11 is 1.29. The molecule has 0 spiro atoms. The minimum atomic E-state index is -0.214. The fraction of sp³-hybridized carbons (Fsp3) is 0.333. The molecule has 0 bridgehead atoms. The number of nitrogens with one attached hydrogen (secondary N) is 1. The first-order valence-corrected chi connectivity index (χ1v) is 6.36. The van der Waals surface area contributed by atoms with E-state index in [2.05, 4.69) is 10.3 Å². The smallest absolute Gasteiger partial charge is 0.263 e. The summed E-state index contributed by atoms with van der Waals surface area (Å²) in [5.41, 5.74) is 0.666. The van der Waals surface area contributed by atoms with E-state index < -0.39 is 0 Å². The molecule has 0 aliphatic carbocycles. The summed E-state index contributed by atoms with van der Waals surface area (Å²) in [6.45, 7) is 3.81. The Morgan fingerprint density at radius 1 is 1.50 bits per heavy atom. The van der Waals surface area contributed by atoms with Gasteiger partial charge in [-0.2, -0.15) is 0 Å². The van der Waals surface area contributed by atoms with Crippen LogP contribution < -0.4 is 5.32 Å². The lowest BCUT2D eigenvalue weighted by molar-refractivity contribution is 0.0948. The molecule has 2 aromatic heterocycles. The van der Waals surface area contributed by atoms with Crippen molar-refractivity contribution in [3.8, 4) is 10.8 Å². The zero-order valence-corrected chi connectivity index (χ0v) is 11.0. The van der Waals surface area contributed by atoms with Gasteiger partial charge in [0.15, 0.2) is 10.8 Å². The number of hydrogen-bond donors (Lipinski definition) is 2. The maximum Gasteiger partial charge on any atom is 0.263 e. The first-order chi connectivity index (χ1) is 8.61. The van der Waals surface area contributed by atoms with Gasteiger partial charge in [-0.1, -0.05) is 0 Å². The number of amides is 1. The van der Waals surface area contributed by atoms with Crippen molar-refractivity contribution in [3.63, 3.8) is 0 Å². The van der Waals surface area contributed by atoms with Crippen LogP contribution in [0.25, 0.3) is 10.8 Å². The summed E-state index contributed by atoms with van der Waals surface area (Å²) < 4.78 is 5.47. The first kappa shape index (κ1) is 12.8. The molecule has 0 aliphatic heterocycles. The Balaban J connectivity index is 2.24. The maximum atomic E-state index is 11.8. The van der Waals surface area contributed by atoms with Crippen LogP contribution in [-0.2, 0) is 0 Å². The van der Waals surface area contributed by atoms with Crippen LogP contribution in [0.2, 0.25) is 0 Å². The van der Waals surface area contributed by atoms with E-state index in [0.717, 1.165) is 5.76 Å². The molecular formula is C12H14N2O3S. The molecule has 0 aromatic carbocycles. The third-order valence-electron chi connectivity index (χ3n) is 2.35. The first-order valence-electron chi connectivity index (χ1n) is 5.55. The highest BCUT2D eigenvalue weighted by Crippen LogP contribution is 2.29. The Labute approximate surface area is 108 Å². The number of aromatic nitrogens is 1. The Morgan fingerprint density at radius 3 is 2.89 bits per heavy atom. The van der Waals surface area contributed by atoms with E-state index in [9.17, 15) is 4.79 Å². The topological polar surface area (TPSA) is 75.4 Å². The van der Waals surface area contributed by atoms with Crippen LogP contribution in [0.15, 0.2) is 16.5 Å². The highest BCUT2D eigenvalue weighted by molar-refractivity contribution is 7.17. The average Bonchev–Trinajstić information content (AvgIpc) is 2.92. The van der Waals surface area contributed by atoms with Crippen LogP contribution >= 0.6 is 11.3 Å². The second-order valence-electron chi connectivity index (χ2n) is 3.82. The Kier molecular flexibility index (Phi) is 3.78. The lowest BCUT2D eigenvalue weighted by atomic mass is 10.3. The molecular weight excluding hydrogens is 252 g/mol. The number of aliphatic hydroxyl groups excluding tert-OH is 1. The standard InChI is InChI=1S/C12H14N2O3S/c1-7-3-4-9(17-7)12-14-8(2)10(18-12)11(16)13-5-6-15/h3-4,15H,5-6H2,1-2H3,(H,13,16). The predicted octanol–water partition coefficient (Wildman–Crippen LogP) is 1.74. The molecule has 2 heterocycles. The minimum absolute atomic E-state index is 0.0756. The number of furan rings is 1. The highest BCUT2D eigenvalue weighted by Gasteiger charge is 2.17. The van der Waals surface area contributed by atoms with Gasteiger partial charge < -0.3 is 14.8 Å². The second kappa shape index (κ2) is 5.32. The number of nitrogens with zero attached hydrogens (tertiary/aromatic N) is 1. The van der Waals surface area contributed by atoms with Gasteiger partial charge in [0, 0.05) is 6.54 Å². The van der Waals surface area contributed by atoms with Gasteiger partial charge in [0.05, 0.1) is 12.3 Å². The summed E-state index contributed by atoms with van der Waals surface area (Å²) in [6, 6.07) is 3.70. The molecule has 1 amide bonds. The number of aliphatic hydroxyl groups is 1. The number of carbonyl (C=O) groups is 1. The average molecular weight is 266 g/mol. The van der Waals surface area contributed by atoms with Crippen LogP contribution in [0.5, 0.6) is 0 Å². The monoisotopic (exact) mass is 266 g/mol. The van der Waals surface area contributed by atoms with Gasteiger partial charge in [-0.05, 0) is 26.0 Å². The van der Waals surface area contributed by atoms with Gasteiger partial charge >= 0.3 is 0 Å². The quantitative estimate of drug-likeness (QED) is 0.884. The third-order valence-corrected chi connectivity index (χ3v) is 3.52. The molecule has 96 valence electrons. The van der Waals surface area contributed by atoms with E-state index in [4.69, 9.17) is 9.52 Å². The van der Waals surface area contributed by atoms with Gasteiger partial charge in [-0.25, -0.2) is 4.98 Å². The summed E-state index contributed by atoms with van der Waals surface area (Å²) in [5.74, 6) is 1.26. The SMILES string of the molecule is Cc1ccc(-c2nc(C)c(C(=O)NCCO)s2)o1. The van der Waals surface area contributed by atoms with Crippen LogP contribution in [0, 0.1) is 13.8 Å². The predicted molar refractivity (Wildman–Crippen MR) is 68.7 cm³/mol. The zero-order chi connectivity index (χ0) is 13.1. The van der Waals surface area contributed by atoms with Gasteiger partial charge in [-0.15, -0.1) is 11.3 Å². The molecule has 2 rings (SSSR count). The third kappa shape index (κ3) is 2.60. The molecule has 0 radical (unpaired) electrons. The van der Waals surface area contributed by atoms with E-state index in [1.807, 2.05) is 19.1 Å². The van der Waals surface area contributed by atoms with Gasteiger partial charge in [-0.3, -0.25) is 4.79 Å². The minimum Gasteiger partial charge on any atom is -0.459 e. The Hall–Kier alpha value is -1.66. The molecule has 18 heavy (non-hydrogen) atoms. The number of carbonyl (C=O) groups excluding carboxylic acids is 1. The molecule has 5 nitrogen and oxygen atoms in total. The maximum absolute atomic E-state index is 11.8. The molecule has 0 saturated carbocycles. The van der Waals surface area contributed by atoms with E-state index in [-0.39, 0.29) is 19.1 Å². The fourth-order valence-corrected chi connectivity index (χ4v) is 2.46. The van der Waals surface area contributed by atoms with Crippen molar-refractivity contribution in [3.05, 3.63) is 28.5 Å². The highest BCUT2D eigenvalue weighted by atomic mass is 32.1. The largest absolute Gasteiger partial charge is 0.459 e. The molecule has 2 N–H and O–H groups in total. The van der Waals surface area contributed by atoms with Crippen LogP contribution in [0.3, 0.4) is 0 Å². The van der Waals surface area contributed by atoms with E-state index in [0.29, 0.717) is 21.3 Å². The van der Waals surface area contributed by atoms with Gasteiger partial charge in [0.25, 0.3) is 5.91 Å². The van der Waals surface area contributed by atoms with Crippen molar-refractivity contribution in [2.75, 3.05) is 13.2 Å². The van der Waals surface area contributed by atoms with Crippen LogP contribution in [0.1, 0.15) is 21.1 Å². The summed E-state index contributed by atoms with van der Waals surface area (Å²) in [7, 11) is 0. The molecule has 6 heteroatoms. The fourth-order valence-electron chi connectivity index (χ4n) is 1.51. The van der Waals surface area contributed by atoms with Crippen molar-refractivity contribution in [1.82, 2.24) is 10.3 Å². The molecule has 0 aliphatic rings. The molecule has 0 saturated heterocycles. The van der Waals surface area contributed by atoms with Crippen LogP contribution in [0.4, 0.5) is 0 Å². The van der Waals surface area contributed by atoms with Crippen molar-refractivity contribution in [2.24, 2.45) is 0 Å². The lowest BCUT2D eigenvalue weighted by Crippen LogP contribution is -2.26. The Morgan fingerprint density at radius 2 is 2.28 bits per heavy atom.